The maximum absolute atomic E-state index is 12.8. The molecular formula is C20H14N2O2S2. The molecule has 0 spiro atoms. The molecule has 4 nitrogen and oxygen atoms in total. The molecule has 128 valence electrons. The topological polar surface area (TPSA) is 55.0 Å². The van der Waals surface area contributed by atoms with E-state index in [1.807, 2.05) is 60.0 Å². The third kappa shape index (κ3) is 2.62. The summed E-state index contributed by atoms with van der Waals surface area (Å²) in [6, 6.07) is 17.9. The van der Waals surface area contributed by atoms with E-state index in [0.717, 1.165) is 32.4 Å². The molecule has 6 heteroatoms. The molecule has 0 radical (unpaired) electrons. The lowest BCUT2D eigenvalue weighted by molar-refractivity contribution is 0.210. The first-order chi connectivity index (χ1) is 12.8. The van der Waals surface area contributed by atoms with Crippen LogP contribution in [0.3, 0.4) is 0 Å². The number of thioether (sulfide) groups is 1. The van der Waals surface area contributed by atoms with Crippen LogP contribution in [0.2, 0.25) is 0 Å². The van der Waals surface area contributed by atoms with Crippen LogP contribution in [0, 0.1) is 0 Å². The van der Waals surface area contributed by atoms with Gasteiger partial charge in [-0.15, -0.1) is 23.1 Å². The van der Waals surface area contributed by atoms with E-state index in [9.17, 15) is 4.79 Å². The van der Waals surface area contributed by atoms with Crippen LogP contribution in [0.5, 0.6) is 5.75 Å². The van der Waals surface area contributed by atoms with Crippen LogP contribution in [0.4, 0.5) is 0 Å². The summed E-state index contributed by atoms with van der Waals surface area (Å²) in [6.45, 7) is 0. The Kier molecular flexibility index (Phi) is 3.80. The average molecular weight is 378 g/mol. The molecule has 0 saturated carbocycles. The zero-order valence-corrected chi connectivity index (χ0v) is 15.3. The van der Waals surface area contributed by atoms with Crippen molar-refractivity contribution in [3.8, 4) is 16.9 Å². The number of hydrogen-bond acceptors (Lipinski definition) is 5. The van der Waals surface area contributed by atoms with Crippen molar-refractivity contribution in [2.24, 2.45) is 0 Å². The standard InChI is InChI=1S/C20H14N2O2S2/c23-19-17-13(12-6-2-1-3-7-12)10-26-20(17)22-18(21-19)15-11-25-16-9-5-4-8-14(16)24-15/h1-10,15H,11H2,(H,21,22,23)/t15-/m0/s1. The Labute approximate surface area is 157 Å². The average Bonchev–Trinajstić information content (AvgIpc) is 3.13. The lowest BCUT2D eigenvalue weighted by Gasteiger charge is -2.24. The van der Waals surface area contributed by atoms with Crippen LogP contribution < -0.4 is 10.3 Å². The third-order valence-corrected chi connectivity index (χ3v) is 6.35. The van der Waals surface area contributed by atoms with Crippen LogP contribution in [0.1, 0.15) is 11.9 Å². The van der Waals surface area contributed by atoms with Crippen molar-refractivity contribution in [2.75, 3.05) is 5.75 Å². The smallest absolute Gasteiger partial charge is 0.260 e. The number of hydrogen-bond donors (Lipinski definition) is 1. The summed E-state index contributed by atoms with van der Waals surface area (Å²) in [5, 5.41) is 2.64. The summed E-state index contributed by atoms with van der Waals surface area (Å²) in [5.74, 6) is 2.15. The number of benzene rings is 2. The second-order valence-electron chi connectivity index (χ2n) is 6.01. The van der Waals surface area contributed by atoms with Crippen molar-refractivity contribution in [1.82, 2.24) is 9.97 Å². The summed E-state index contributed by atoms with van der Waals surface area (Å²) < 4.78 is 6.06. The first kappa shape index (κ1) is 15.7. The monoisotopic (exact) mass is 378 g/mol. The number of aromatic nitrogens is 2. The maximum atomic E-state index is 12.8. The minimum atomic E-state index is -0.255. The SMILES string of the molecule is O=c1[nH]c([C@@H]2CSc3ccccc3O2)nc2scc(-c3ccccc3)c12. The molecule has 4 aromatic rings. The van der Waals surface area contributed by atoms with Crippen molar-refractivity contribution in [3.05, 3.63) is 76.2 Å². The van der Waals surface area contributed by atoms with Crippen molar-refractivity contribution in [3.63, 3.8) is 0 Å². The molecule has 0 aliphatic carbocycles. The summed E-state index contributed by atoms with van der Waals surface area (Å²) in [7, 11) is 0. The van der Waals surface area contributed by atoms with Gasteiger partial charge >= 0.3 is 0 Å². The van der Waals surface area contributed by atoms with Crippen molar-refractivity contribution in [2.45, 2.75) is 11.0 Å². The van der Waals surface area contributed by atoms with E-state index >= 15 is 0 Å². The molecule has 0 fully saturated rings. The van der Waals surface area contributed by atoms with E-state index in [2.05, 4.69) is 4.98 Å². The number of nitrogens with one attached hydrogen (secondary N) is 1. The van der Waals surface area contributed by atoms with E-state index in [4.69, 9.17) is 9.72 Å². The van der Waals surface area contributed by atoms with Gasteiger partial charge in [0.1, 0.15) is 10.6 Å². The Hall–Kier alpha value is -2.57. The molecule has 1 aliphatic heterocycles. The molecule has 0 saturated heterocycles. The molecular weight excluding hydrogens is 364 g/mol. The van der Waals surface area contributed by atoms with E-state index in [0.29, 0.717) is 11.2 Å². The lowest BCUT2D eigenvalue weighted by Crippen LogP contribution is -2.21. The Morgan fingerprint density at radius 3 is 2.77 bits per heavy atom. The summed E-state index contributed by atoms with van der Waals surface area (Å²) in [5.41, 5.74) is 1.84. The Balaban J connectivity index is 1.57. The molecule has 1 N–H and O–H groups in total. The second kappa shape index (κ2) is 6.30. The van der Waals surface area contributed by atoms with Gasteiger partial charge < -0.3 is 9.72 Å². The van der Waals surface area contributed by atoms with Gasteiger partial charge in [0.15, 0.2) is 11.9 Å². The first-order valence-corrected chi connectivity index (χ1v) is 10.1. The Bertz CT molecular complexity index is 1150. The quantitative estimate of drug-likeness (QED) is 0.540. The molecule has 0 amide bonds. The fourth-order valence-corrected chi connectivity index (χ4v) is 5.05. The maximum Gasteiger partial charge on any atom is 0.260 e. The number of fused-ring (bicyclic) bond motifs is 2. The highest BCUT2D eigenvalue weighted by atomic mass is 32.2. The highest BCUT2D eigenvalue weighted by molar-refractivity contribution is 7.99. The van der Waals surface area contributed by atoms with Gasteiger partial charge in [-0.1, -0.05) is 42.5 Å². The van der Waals surface area contributed by atoms with E-state index in [-0.39, 0.29) is 11.7 Å². The van der Waals surface area contributed by atoms with Gasteiger partial charge in [-0.05, 0) is 17.7 Å². The van der Waals surface area contributed by atoms with Gasteiger partial charge in [-0.3, -0.25) is 4.79 Å². The fourth-order valence-electron chi connectivity index (χ4n) is 3.10. The molecule has 2 aromatic heterocycles. The lowest BCUT2D eigenvalue weighted by atomic mass is 10.1. The number of rotatable bonds is 2. The molecule has 5 rings (SSSR count). The normalized spacial score (nSPS) is 16.2. The van der Waals surface area contributed by atoms with Crippen molar-refractivity contribution in [1.29, 1.82) is 0 Å². The minimum absolute atomic E-state index is 0.113. The van der Waals surface area contributed by atoms with E-state index in [1.165, 1.54) is 11.3 Å². The van der Waals surface area contributed by atoms with Crippen LogP contribution in [0.25, 0.3) is 21.3 Å². The summed E-state index contributed by atoms with van der Waals surface area (Å²) in [6.07, 6.45) is -0.255. The zero-order valence-electron chi connectivity index (χ0n) is 13.6. The molecule has 1 atom stereocenters. The number of ether oxygens (including phenoxy) is 1. The van der Waals surface area contributed by atoms with Crippen molar-refractivity contribution >= 4 is 33.3 Å². The summed E-state index contributed by atoms with van der Waals surface area (Å²) in [4.78, 5) is 22.3. The number of nitrogens with zero attached hydrogens (tertiary/aromatic N) is 1. The number of aromatic amines is 1. The minimum Gasteiger partial charge on any atom is -0.480 e. The molecule has 2 aromatic carbocycles. The van der Waals surface area contributed by atoms with E-state index in [1.54, 1.807) is 11.8 Å². The van der Waals surface area contributed by atoms with E-state index < -0.39 is 0 Å². The number of H-pyrrole nitrogens is 1. The predicted octanol–water partition coefficient (Wildman–Crippen LogP) is 4.88. The Morgan fingerprint density at radius 2 is 1.88 bits per heavy atom. The van der Waals surface area contributed by atoms with Crippen LogP contribution in [-0.2, 0) is 0 Å². The van der Waals surface area contributed by atoms with Gasteiger partial charge in [0.25, 0.3) is 5.56 Å². The Morgan fingerprint density at radius 1 is 1.08 bits per heavy atom. The molecule has 1 aliphatic rings. The molecule has 0 unspecified atom stereocenters. The highest BCUT2D eigenvalue weighted by Gasteiger charge is 2.25. The molecule has 0 bridgehead atoms. The van der Waals surface area contributed by atoms with Gasteiger partial charge in [-0.2, -0.15) is 0 Å². The number of para-hydroxylation sites is 1. The highest BCUT2D eigenvalue weighted by Crippen LogP contribution is 2.39. The van der Waals surface area contributed by atoms with Gasteiger partial charge in [0.2, 0.25) is 0 Å². The second-order valence-corrected chi connectivity index (χ2v) is 7.93. The van der Waals surface area contributed by atoms with Crippen LogP contribution >= 0.6 is 23.1 Å². The van der Waals surface area contributed by atoms with Gasteiger partial charge in [-0.25, -0.2) is 4.98 Å². The zero-order chi connectivity index (χ0) is 17.5. The van der Waals surface area contributed by atoms with Gasteiger partial charge in [0, 0.05) is 21.6 Å². The van der Waals surface area contributed by atoms with Crippen LogP contribution in [0.15, 0.2) is 69.7 Å². The molecule has 3 heterocycles. The number of thiophene rings is 1. The first-order valence-electron chi connectivity index (χ1n) is 8.25. The van der Waals surface area contributed by atoms with Crippen LogP contribution in [-0.4, -0.2) is 15.7 Å². The fraction of sp³-hybridized carbons (Fsp3) is 0.100. The van der Waals surface area contributed by atoms with Gasteiger partial charge in [0.05, 0.1) is 5.39 Å². The summed E-state index contributed by atoms with van der Waals surface area (Å²) >= 11 is 3.21. The largest absolute Gasteiger partial charge is 0.480 e. The predicted molar refractivity (Wildman–Crippen MR) is 106 cm³/mol. The van der Waals surface area contributed by atoms with Crippen molar-refractivity contribution < 1.29 is 4.74 Å². The third-order valence-electron chi connectivity index (χ3n) is 4.36. The molecule has 26 heavy (non-hydrogen) atoms.